The number of benzene rings is 2. The van der Waals surface area contributed by atoms with E-state index in [1.54, 1.807) is 49.5 Å². The Morgan fingerprint density at radius 2 is 1.22 bits per heavy atom. The molecular formula is C44H44N8O6S2. The third kappa shape index (κ3) is 7.00. The average Bonchev–Trinajstić information content (AvgIpc) is 4.05. The van der Waals surface area contributed by atoms with Gasteiger partial charge in [-0.2, -0.15) is 0 Å². The van der Waals surface area contributed by atoms with Crippen molar-refractivity contribution < 1.29 is 28.9 Å². The van der Waals surface area contributed by atoms with Gasteiger partial charge < -0.3 is 30.0 Å². The van der Waals surface area contributed by atoms with E-state index in [4.69, 9.17) is 14.2 Å². The molecule has 6 heterocycles. The molecule has 4 aromatic heterocycles. The van der Waals surface area contributed by atoms with E-state index in [0.29, 0.717) is 45.4 Å². The number of aryl methyl sites for hydroxylation is 2. The minimum absolute atomic E-state index is 0.118. The topological polar surface area (TPSA) is 182 Å². The standard InChI is InChI=1S/C23H24N4O3S.C21H20N4O3S/c1-4-30-22(28)23(2)6-5-15-18(9-23)31-21-19(15)20(25-12-26-21)27-16-7-13-10-24-11-14(13)8-17(16)29-3;1-21(20(26)27)4-3-13-16(7-21)29-19-17(13)18(23-10-24-19)25-14-5-11-8-22-9-12(11)6-15(14)28-2/h7-8,10,12H,4-6,9,11H2,1-3H3,(H,25,26,27);5-6,8,10H,3-4,7,9H2,1-2H3,(H,26,27)(H,23,24,25)/t23-;21-/m00/s1. The molecule has 4 aliphatic rings. The maximum absolute atomic E-state index is 12.5. The minimum Gasteiger partial charge on any atom is -0.495 e. The van der Waals surface area contributed by atoms with Gasteiger partial charge in [-0.05, 0) is 117 Å². The SMILES string of the molecule is CCOC(=O)[C@@]1(C)CCc2c(sc3ncnc(Nc4cc5c(cc4OC)CN=C5)c23)C1.COc1cc2c(cc1Nc1ncnc3sc4c(c13)CC[C@](C)(C(=O)O)C4)C=NC2. The highest BCUT2D eigenvalue weighted by Gasteiger charge is 2.41. The number of carbonyl (C=O) groups excluding carboxylic acids is 1. The summed E-state index contributed by atoms with van der Waals surface area (Å²) in [7, 11) is 3.32. The molecule has 0 bridgehead atoms. The van der Waals surface area contributed by atoms with E-state index in [-0.39, 0.29) is 5.97 Å². The van der Waals surface area contributed by atoms with Crippen LogP contribution in [0, 0.1) is 10.8 Å². The number of thiophene rings is 2. The molecule has 308 valence electrons. The number of aliphatic carboxylic acids is 1. The predicted molar refractivity (Wildman–Crippen MR) is 235 cm³/mol. The zero-order valence-electron chi connectivity index (χ0n) is 34.0. The maximum atomic E-state index is 12.5. The minimum atomic E-state index is -0.741. The van der Waals surface area contributed by atoms with Gasteiger partial charge in [-0.1, -0.05) is 0 Å². The monoisotopic (exact) mass is 844 g/mol. The van der Waals surface area contributed by atoms with Crippen molar-refractivity contribution in [2.45, 2.75) is 72.4 Å². The summed E-state index contributed by atoms with van der Waals surface area (Å²) in [6.45, 7) is 7.43. The summed E-state index contributed by atoms with van der Waals surface area (Å²) in [4.78, 5) is 55.0. The molecule has 16 heteroatoms. The van der Waals surface area contributed by atoms with Gasteiger partial charge in [0.2, 0.25) is 0 Å². The lowest BCUT2D eigenvalue weighted by Crippen LogP contribution is -2.35. The first-order chi connectivity index (χ1) is 29.0. The average molecular weight is 845 g/mol. The fourth-order valence-electron chi connectivity index (χ4n) is 8.49. The summed E-state index contributed by atoms with van der Waals surface area (Å²) < 4.78 is 16.5. The molecule has 0 spiro atoms. The molecule has 2 aromatic carbocycles. The Morgan fingerprint density at radius 1 is 0.733 bits per heavy atom. The van der Waals surface area contributed by atoms with Crippen molar-refractivity contribution in [2.24, 2.45) is 20.8 Å². The third-order valence-corrected chi connectivity index (χ3v) is 14.3. The fraction of sp³-hybridized carbons (Fsp3) is 0.364. The fourth-order valence-corrected chi connectivity index (χ4v) is 11.2. The van der Waals surface area contributed by atoms with E-state index in [1.165, 1.54) is 10.4 Å². The number of methoxy groups -OCH3 is 2. The molecule has 3 N–H and O–H groups in total. The lowest BCUT2D eigenvalue weighted by atomic mass is 9.75. The van der Waals surface area contributed by atoms with E-state index < -0.39 is 16.8 Å². The molecule has 14 nitrogen and oxygen atoms in total. The van der Waals surface area contributed by atoms with Gasteiger partial charge in [-0.3, -0.25) is 19.6 Å². The second-order valence-electron chi connectivity index (χ2n) is 16.0. The second-order valence-corrected chi connectivity index (χ2v) is 18.2. The molecule has 0 amide bonds. The molecule has 10 rings (SSSR count). The van der Waals surface area contributed by atoms with Crippen LogP contribution in [0.15, 0.2) is 46.9 Å². The summed E-state index contributed by atoms with van der Waals surface area (Å²) in [5.74, 6) is 2.12. The van der Waals surface area contributed by atoms with E-state index in [1.807, 2.05) is 51.4 Å². The molecule has 0 radical (unpaired) electrons. The summed E-state index contributed by atoms with van der Waals surface area (Å²) in [6.07, 6.45) is 10.9. The molecule has 60 heavy (non-hydrogen) atoms. The number of nitrogens with zero attached hydrogens (tertiary/aromatic N) is 6. The van der Waals surface area contributed by atoms with Crippen molar-refractivity contribution >= 4 is 90.5 Å². The van der Waals surface area contributed by atoms with Gasteiger partial charge in [0.15, 0.2) is 0 Å². The van der Waals surface area contributed by atoms with Gasteiger partial charge in [0.1, 0.15) is 45.5 Å². The van der Waals surface area contributed by atoms with Crippen molar-refractivity contribution in [1.82, 2.24) is 19.9 Å². The van der Waals surface area contributed by atoms with Gasteiger partial charge in [-0.15, -0.1) is 22.7 Å². The molecule has 6 aromatic rings. The van der Waals surface area contributed by atoms with Gasteiger partial charge in [0.25, 0.3) is 0 Å². The molecule has 0 saturated heterocycles. The molecule has 2 atom stereocenters. The Labute approximate surface area is 354 Å². The smallest absolute Gasteiger partial charge is 0.312 e. The number of carboxylic acids is 1. The van der Waals surface area contributed by atoms with Gasteiger partial charge in [0, 0.05) is 22.2 Å². The van der Waals surface area contributed by atoms with Crippen LogP contribution in [-0.4, -0.2) is 70.2 Å². The number of rotatable bonds is 9. The van der Waals surface area contributed by atoms with Crippen molar-refractivity contribution in [3.05, 3.63) is 80.1 Å². The number of carbonyl (C=O) groups is 2. The number of hydrogen-bond acceptors (Lipinski definition) is 15. The van der Waals surface area contributed by atoms with Gasteiger partial charge >= 0.3 is 11.9 Å². The van der Waals surface area contributed by atoms with Crippen LogP contribution in [0.5, 0.6) is 11.5 Å². The summed E-state index contributed by atoms with van der Waals surface area (Å²) in [6, 6.07) is 8.11. The Hall–Kier alpha value is -6.00. The Balaban J connectivity index is 0.000000154. The quantitative estimate of drug-likeness (QED) is 0.118. The number of fused-ring (bicyclic) bond motifs is 8. The first-order valence-corrected chi connectivity index (χ1v) is 21.5. The molecule has 2 aliphatic heterocycles. The molecule has 0 fully saturated rings. The number of anilines is 4. The lowest BCUT2D eigenvalue weighted by Gasteiger charge is -2.31. The van der Waals surface area contributed by atoms with Crippen LogP contribution in [-0.2, 0) is 53.1 Å². The highest BCUT2D eigenvalue weighted by molar-refractivity contribution is 7.19. The Bertz CT molecular complexity index is 2780. The van der Waals surface area contributed by atoms with Crippen LogP contribution in [0.4, 0.5) is 23.0 Å². The van der Waals surface area contributed by atoms with Gasteiger partial charge in [0.05, 0.1) is 66.9 Å². The summed E-state index contributed by atoms with van der Waals surface area (Å²) in [5, 5.41) is 18.5. The number of aliphatic imine (C=N–C) groups is 2. The van der Waals surface area contributed by atoms with E-state index in [2.05, 4.69) is 46.6 Å². The first-order valence-electron chi connectivity index (χ1n) is 19.9. The van der Waals surface area contributed by atoms with Crippen LogP contribution >= 0.6 is 22.7 Å². The molecular weight excluding hydrogens is 801 g/mol. The highest BCUT2D eigenvalue weighted by Crippen LogP contribution is 2.47. The van der Waals surface area contributed by atoms with E-state index in [0.717, 1.165) is 100 Å². The van der Waals surface area contributed by atoms with Crippen LogP contribution in [0.1, 0.15) is 76.7 Å². The summed E-state index contributed by atoms with van der Waals surface area (Å²) in [5.41, 5.74) is 7.30. The predicted octanol–water partition coefficient (Wildman–Crippen LogP) is 8.39. The lowest BCUT2D eigenvalue weighted by molar-refractivity contribution is -0.155. The van der Waals surface area contributed by atoms with Crippen LogP contribution in [0.25, 0.3) is 20.4 Å². The van der Waals surface area contributed by atoms with Crippen molar-refractivity contribution in [3.8, 4) is 11.5 Å². The van der Waals surface area contributed by atoms with E-state index >= 15 is 0 Å². The molecule has 0 saturated carbocycles. The summed E-state index contributed by atoms with van der Waals surface area (Å²) >= 11 is 3.21. The largest absolute Gasteiger partial charge is 0.495 e. The Morgan fingerprint density at radius 3 is 1.68 bits per heavy atom. The number of esters is 1. The maximum Gasteiger partial charge on any atom is 0.312 e. The van der Waals surface area contributed by atoms with E-state index in [9.17, 15) is 14.7 Å². The van der Waals surface area contributed by atoms with Crippen LogP contribution < -0.4 is 20.1 Å². The zero-order valence-corrected chi connectivity index (χ0v) is 35.6. The normalized spacial score (nSPS) is 19.5. The van der Waals surface area contributed by atoms with Crippen molar-refractivity contribution in [3.63, 3.8) is 0 Å². The Kier molecular flexibility index (Phi) is 10.2. The van der Waals surface area contributed by atoms with Crippen molar-refractivity contribution in [2.75, 3.05) is 31.5 Å². The van der Waals surface area contributed by atoms with Gasteiger partial charge in [-0.25, -0.2) is 19.9 Å². The van der Waals surface area contributed by atoms with Crippen molar-refractivity contribution in [1.29, 1.82) is 0 Å². The highest BCUT2D eigenvalue weighted by atomic mass is 32.1. The first kappa shape index (κ1) is 39.5. The molecule has 2 aliphatic carbocycles. The van der Waals surface area contributed by atoms with Crippen LogP contribution in [0.3, 0.4) is 0 Å². The third-order valence-electron chi connectivity index (χ3n) is 12.0. The number of aromatic nitrogens is 4. The number of ether oxygens (including phenoxy) is 3. The van der Waals surface area contributed by atoms with Crippen LogP contribution in [0.2, 0.25) is 0 Å². The number of hydrogen-bond donors (Lipinski definition) is 3. The molecule has 0 unspecified atom stereocenters. The number of nitrogens with one attached hydrogen (secondary N) is 2. The second kappa shape index (κ2) is 15.6. The zero-order chi connectivity index (χ0) is 41.8. The number of carboxylic acid groups (broad SMARTS) is 1.